The maximum Gasteiger partial charge on any atom is 0.472 e. The Labute approximate surface area is 381 Å². The number of phosphoric acid groups is 1. The van der Waals surface area contributed by atoms with Crippen LogP contribution in [0.5, 0.6) is 0 Å². The number of ketones is 1. The molecule has 1 amide bonds. The summed E-state index contributed by atoms with van der Waals surface area (Å²) >= 11 is 0. The molecule has 62 heavy (non-hydrogen) atoms. The van der Waals surface area contributed by atoms with E-state index in [9.17, 15) is 28.9 Å². The van der Waals surface area contributed by atoms with Gasteiger partial charge in [0.05, 0.1) is 13.2 Å². The van der Waals surface area contributed by atoms with Gasteiger partial charge in [-0.3, -0.25) is 23.4 Å². The number of carbonyl (C=O) groups excluding carboxylic acids is 3. The van der Waals surface area contributed by atoms with E-state index in [4.69, 9.17) is 13.8 Å². The third-order valence-electron chi connectivity index (χ3n) is 11.7. The number of phosphoric ester groups is 1. The Balaban J connectivity index is 4.68. The predicted molar refractivity (Wildman–Crippen MR) is 257 cm³/mol. The normalized spacial score (nSPS) is 13.6. The van der Waals surface area contributed by atoms with Crippen molar-refractivity contribution in [1.29, 1.82) is 0 Å². The highest BCUT2D eigenvalue weighted by Gasteiger charge is 2.33. The largest absolute Gasteiger partial charge is 0.472 e. The monoisotopic (exact) mass is 900 g/mol. The number of Topliss-reactive ketones (excluding diaryl/α,β-unsaturated/α-hetero) is 1. The lowest BCUT2D eigenvalue weighted by Crippen LogP contribution is -2.40. The van der Waals surface area contributed by atoms with Crippen molar-refractivity contribution >= 4 is 25.5 Å². The summed E-state index contributed by atoms with van der Waals surface area (Å²) in [5.74, 6) is -1.22. The van der Waals surface area contributed by atoms with Gasteiger partial charge in [0, 0.05) is 25.8 Å². The number of unbranched alkanes of at least 4 members (excludes halogenated alkanes) is 31. The van der Waals surface area contributed by atoms with Gasteiger partial charge in [0.25, 0.3) is 0 Å². The first kappa shape index (κ1) is 60.4. The van der Waals surface area contributed by atoms with Crippen molar-refractivity contribution in [2.75, 3.05) is 19.8 Å². The highest BCUT2D eigenvalue weighted by atomic mass is 31.2. The van der Waals surface area contributed by atoms with Gasteiger partial charge < -0.3 is 20.1 Å². The van der Waals surface area contributed by atoms with Gasteiger partial charge in [0.15, 0.2) is 18.0 Å². The van der Waals surface area contributed by atoms with Crippen LogP contribution in [0.2, 0.25) is 0 Å². The molecule has 3 N–H and O–H groups in total. The van der Waals surface area contributed by atoms with Crippen molar-refractivity contribution in [1.82, 2.24) is 5.32 Å². The lowest BCUT2D eigenvalue weighted by Gasteiger charge is -2.23. The molecule has 366 valence electrons. The van der Waals surface area contributed by atoms with E-state index in [0.29, 0.717) is 19.3 Å². The molecule has 0 aromatic carbocycles. The van der Waals surface area contributed by atoms with E-state index < -0.39 is 38.4 Å². The number of rotatable bonds is 49. The average molecular weight is 900 g/mol. The molecule has 0 aliphatic carbocycles. The van der Waals surface area contributed by atoms with Crippen molar-refractivity contribution in [2.24, 2.45) is 0 Å². The fourth-order valence-electron chi connectivity index (χ4n) is 7.67. The number of esters is 1. The highest BCUT2D eigenvalue weighted by molar-refractivity contribution is 7.47. The molecule has 0 heterocycles. The van der Waals surface area contributed by atoms with Crippen molar-refractivity contribution in [2.45, 2.75) is 277 Å². The van der Waals surface area contributed by atoms with Crippen LogP contribution in [0.15, 0.2) is 12.2 Å². The summed E-state index contributed by atoms with van der Waals surface area (Å²) in [5.41, 5.74) is 0. The zero-order valence-electron chi connectivity index (χ0n) is 40.5. The molecule has 0 aliphatic heterocycles. The van der Waals surface area contributed by atoms with E-state index in [0.717, 1.165) is 77.0 Å². The molecule has 0 aromatic heterocycles. The lowest BCUT2D eigenvalue weighted by atomic mass is 10.0. The number of hydrogen-bond acceptors (Lipinski definition) is 8. The summed E-state index contributed by atoms with van der Waals surface area (Å²) in [5, 5.41) is 13.7. The van der Waals surface area contributed by atoms with Crippen LogP contribution in [0.1, 0.15) is 265 Å². The summed E-state index contributed by atoms with van der Waals surface area (Å²) in [6.45, 7) is 5.78. The molecule has 0 spiro atoms. The highest BCUT2D eigenvalue weighted by Crippen LogP contribution is 2.43. The topological polar surface area (TPSA) is 148 Å². The number of hydrogen-bond donors (Lipinski definition) is 3. The Morgan fingerprint density at radius 3 is 1.32 bits per heavy atom. The zero-order valence-corrected chi connectivity index (χ0v) is 41.4. The number of nitrogens with one attached hydrogen (secondary N) is 1. The zero-order chi connectivity index (χ0) is 45.6. The van der Waals surface area contributed by atoms with Gasteiger partial charge in [-0.25, -0.2) is 4.57 Å². The molecule has 0 bridgehead atoms. The molecule has 0 aromatic rings. The second-order valence-electron chi connectivity index (χ2n) is 17.8. The van der Waals surface area contributed by atoms with Crippen molar-refractivity contribution in [3.63, 3.8) is 0 Å². The first-order valence-corrected chi connectivity index (χ1v) is 27.6. The predicted octanol–water partition coefficient (Wildman–Crippen LogP) is 14.5. The van der Waals surface area contributed by atoms with E-state index >= 15 is 0 Å². The van der Waals surface area contributed by atoms with Crippen LogP contribution in [-0.4, -0.2) is 59.6 Å². The standard InChI is InChI=1S/C51H98NO9P/c1-4-7-10-13-16-19-21-23-24-26-28-31-34-37-40-43-50(55)61-48(51(56)47(53)41-38-35-32-30-27-25-22-20-17-14-11-8-5-2)46-60-62(57,58)59-45-44-52-49(54)42-39-36-33-29-18-15-12-9-6-3/h23-24,48,51,56H,4-22,25-46H2,1-3H3,(H,52,54)(H,57,58)/b24-23-/t48-,51?/m0/s1. The molecule has 2 unspecified atom stereocenters. The van der Waals surface area contributed by atoms with Gasteiger partial charge in [0.2, 0.25) is 5.91 Å². The Morgan fingerprint density at radius 2 is 0.887 bits per heavy atom. The number of aliphatic hydroxyl groups excluding tert-OH is 1. The molecule has 0 radical (unpaired) electrons. The number of amides is 1. The molecule has 10 nitrogen and oxygen atoms in total. The minimum Gasteiger partial charge on any atom is -0.457 e. The van der Waals surface area contributed by atoms with E-state index in [-0.39, 0.29) is 31.9 Å². The number of carbonyl (C=O) groups is 3. The molecule has 3 atom stereocenters. The molecule has 0 fully saturated rings. The van der Waals surface area contributed by atoms with E-state index in [2.05, 4.69) is 38.2 Å². The molecule has 0 saturated carbocycles. The van der Waals surface area contributed by atoms with E-state index in [1.165, 1.54) is 135 Å². The maximum atomic E-state index is 13.0. The van der Waals surface area contributed by atoms with E-state index in [1.54, 1.807) is 0 Å². The van der Waals surface area contributed by atoms with Crippen molar-refractivity contribution in [3.8, 4) is 0 Å². The Bertz CT molecular complexity index is 1100. The average Bonchev–Trinajstić information content (AvgIpc) is 3.25. The van der Waals surface area contributed by atoms with Crippen LogP contribution < -0.4 is 5.32 Å². The molecule has 0 aliphatic rings. The minimum absolute atomic E-state index is 0.0266. The molecule has 0 rings (SSSR count). The Morgan fingerprint density at radius 1 is 0.516 bits per heavy atom. The molecular weight excluding hydrogens is 802 g/mol. The van der Waals surface area contributed by atoms with Crippen molar-refractivity contribution in [3.05, 3.63) is 12.2 Å². The first-order valence-electron chi connectivity index (χ1n) is 26.1. The number of allylic oxidation sites excluding steroid dienone is 2. The third kappa shape index (κ3) is 42.4. The molecule has 0 saturated heterocycles. The minimum atomic E-state index is -4.64. The van der Waals surface area contributed by atoms with Gasteiger partial charge in [-0.05, 0) is 44.9 Å². The molecular formula is C51H98NO9P. The van der Waals surface area contributed by atoms with Gasteiger partial charge >= 0.3 is 13.8 Å². The Hall–Kier alpha value is -1.58. The quantitative estimate of drug-likeness (QED) is 0.0235. The second kappa shape index (κ2) is 46.0. The SMILES string of the molecule is CCCCCCCC/C=C\CCCCCCCC(=O)O[C@@H](COP(=O)(O)OCCNC(=O)CCCCCCCCCCC)C(O)C(=O)CCCCCCCCCCCCCCC. The molecule has 11 heteroatoms. The van der Waals surface area contributed by atoms with Crippen molar-refractivity contribution < 1.29 is 42.7 Å². The lowest BCUT2D eigenvalue weighted by molar-refractivity contribution is -0.161. The second-order valence-corrected chi connectivity index (χ2v) is 19.2. The van der Waals surface area contributed by atoms with Crippen LogP contribution in [-0.2, 0) is 32.7 Å². The third-order valence-corrected chi connectivity index (χ3v) is 12.7. The van der Waals surface area contributed by atoms with Gasteiger partial charge in [-0.15, -0.1) is 0 Å². The van der Waals surface area contributed by atoms with E-state index in [1.807, 2.05) is 0 Å². The fourth-order valence-corrected chi connectivity index (χ4v) is 8.40. The van der Waals surface area contributed by atoms with Crippen LogP contribution in [0, 0.1) is 0 Å². The fraction of sp³-hybridized carbons (Fsp3) is 0.902. The number of aliphatic hydroxyl groups is 1. The summed E-state index contributed by atoms with van der Waals surface area (Å²) in [6, 6.07) is 0. The van der Waals surface area contributed by atoms with Gasteiger partial charge in [-0.1, -0.05) is 213 Å². The van der Waals surface area contributed by atoms with Crippen LogP contribution in [0.4, 0.5) is 0 Å². The van der Waals surface area contributed by atoms with Crippen LogP contribution >= 0.6 is 7.82 Å². The number of ether oxygens (including phenoxy) is 1. The maximum absolute atomic E-state index is 13.0. The summed E-state index contributed by atoms with van der Waals surface area (Å²) in [4.78, 5) is 48.5. The van der Waals surface area contributed by atoms with Crippen LogP contribution in [0.3, 0.4) is 0 Å². The van der Waals surface area contributed by atoms with Crippen LogP contribution in [0.25, 0.3) is 0 Å². The summed E-state index contributed by atoms with van der Waals surface area (Å²) in [7, 11) is -4.64. The van der Waals surface area contributed by atoms with Gasteiger partial charge in [-0.2, -0.15) is 0 Å². The summed E-state index contributed by atoms with van der Waals surface area (Å²) in [6.07, 6.45) is 42.5. The van der Waals surface area contributed by atoms with Gasteiger partial charge in [0.1, 0.15) is 0 Å². The summed E-state index contributed by atoms with van der Waals surface area (Å²) < 4.78 is 28.4. The smallest absolute Gasteiger partial charge is 0.457 e. The first-order chi connectivity index (χ1) is 30.2. The Kier molecular flexibility index (Phi) is 44.8.